The molecule has 0 spiro atoms. The Morgan fingerprint density at radius 2 is 1.88 bits per heavy atom. The summed E-state index contributed by atoms with van der Waals surface area (Å²) >= 11 is 0. The molecule has 0 aromatic carbocycles. The van der Waals surface area contributed by atoms with E-state index in [2.05, 4.69) is 19.9 Å². The number of alkyl halides is 3. The van der Waals surface area contributed by atoms with Crippen molar-refractivity contribution in [3.05, 3.63) is 41.6 Å². The summed E-state index contributed by atoms with van der Waals surface area (Å²) in [5, 5.41) is 0. The number of piperidine rings is 1. The number of aryl methyl sites for hydroxylation is 1. The molecule has 1 aliphatic heterocycles. The second-order valence-corrected chi connectivity index (χ2v) is 6.52. The van der Waals surface area contributed by atoms with Crippen LogP contribution in [0, 0.1) is 19.8 Å². The molecule has 1 saturated heterocycles. The molecule has 3 rings (SSSR count). The summed E-state index contributed by atoms with van der Waals surface area (Å²) in [4.78, 5) is 14.1. The van der Waals surface area contributed by atoms with Crippen molar-refractivity contribution in [2.75, 3.05) is 24.6 Å². The number of hydrogen-bond donors (Lipinski definition) is 0. The zero-order valence-electron chi connectivity index (χ0n) is 14.8. The summed E-state index contributed by atoms with van der Waals surface area (Å²) in [5.74, 6) is 1.47. The highest BCUT2D eigenvalue weighted by molar-refractivity contribution is 5.47. The van der Waals surface area contributed by atoms with Gasteiger partial charge in [0.05, 0.1) is 6.61 Å². The fourth-order valence-electron chi connectivity index (χ4n) is 3.03. The van der Waals surface area contributed by atoms with Gasteiger partial charge in [-0.25, -0.2) is 9.97 Å². The second kappa shape index (κ2) is 7.47. The molecule has 26 heavy (non-hydrogen) atoms. The average molecular weight is 366 g/mol. The van der Waals surface area contributed by atoms with Crippen LogP contribution in [0.3, 0.4) is 0 Å². The lowest BCUT2D eigenvalue weighted by Crippen LogP contribution is -2.36. The Hall–Kier alpha value is -2.38. The van der Waals surface area contributed by atoms with E-state index in [1.807, 2.05) is 13.8 Å². The van der Waals surface area contributed by atoms with Gasteiger partial charge >= 0.3 is 6.18 Å². The van der Waals surface area contributed by atoms with Gasteiger partial charge in [-0.15, -0.1) is 0 Å². The van der Waals surface area contributed by atoms with Crippen LogP contribution in [0.5, 0.6) is 5.75 Å². The number of ether oxygens (including phenoxy) is 1. The van der Waals surface area contributed by atoms with Crippen LogP contribution in [0.1, 0.15) is 29.8 Å². The van der Waals surface area contributed by atoms with Gasteiger partial charge in [0.25, 0.3) is 0 Å². The van der Waals surface area contributed by atoms with Crippen molar-refractivity contribution < 1.29 is 17.9 Å². The number of anilines is 1. The Kier molecular flexibility index (Phi) is 5.29. The maximum atomic E-state index is 12.7. The molecule has 0 N–H and O–H groups in total. The van der Waals surface area contributed by atoms with Gasteiger partial charge in [0, 0.05) is 36.6 Å². The van der Waals surface area contributed by atoms with Crippen LogP contribution in [0.15, 0.2) is 24.7 Å². The Morgan fingerprint density at radius 1 is 1.15 bits per heavy atom. The van der Waals surface area contributed by atoms with E-state index in [-0.39, 0.29) is 5.75 Å². The first kappa shape index (κ1) is 18.4. The first-order valence-electron chi connectivity index (χ1n) is 8.54. The molecule has 0 bridgehead atoms. The molecule has 8 heteroatoms. The van der Waals surface area contributed by atoms with Gasteiger partial charge in [0.2, 0.25) is 0 Å². The molecule has 5 nitrogen and oxygen atoms in total. The van der Waals surface area contributed by atoms with Crippen molar-refractivity contribution in [1.29, 1.82) is 0 Å². The first-order valence-corrected chi connectivity index (χ1v) is 8.54. The van der Waals surface area contributed by atoms with E-state index in [1.54, 1.807) is 6.33 Å². The second-order valence-electron chi connectivity index (χ2n) is 6.52. The average Bonchev–Trinajstić information content (AvgIpc) is 2.62. The van der Waals surface area contributed by atoms with E-state index in [9.17, 15) is 13.2 Å². The van der Waals surface area contributed by atoms with Gasteiger partial charge in [0.1, 0.15) is 23.6 Å². The third-order valence-corrected chi connectivity index (χ3v) is 4.73. The quantitative estimate of drug-likeness (QED) is 0.824. The minimum atomic E-state index is -4.46. The molecule has 1 aliphatic rings. The molecular weight excluding hydrogens is 345 g/mol. The van der Waals surface area contributed by atoms with Crippen LogP contribution in [0.4, 0.5) is 19.0 Å². The zero-order chi connectivity index (χ0) is 18.7. The molecule has 0 amide bonds. The topological polar surface area (TPSA) is 51.1 Å². The van der Waals surface area contributed by atoms with E-state index in [0.717, 1.165) is 55.3 Å². The molecule has 0 unspecified atom stereocenters. The van der Waals surface area contributed by atoms with Crippen molar-refractivity contribution in [2.24, 2.45) is 5.92 Å². The third-order valence-electron chi connectivity index (χ3n) is 4.73. The summed E-state index contributed by atoms with van der Waals surface area (Å²) in [5.41, 5.74) is 1.12. The Balaban J connectivity index is 1.54. The lowest BCUT2D eigenvalue weighted by molar-refractivity contribution is -0.141. The van der Waals surface area contributed by atoms with Gasteiger partial charge < -0.3 is 9.64 Å². The highest BCUT2D eigenvalue weighted by atomic mass is 19.4. The molecule has 0 radical (unpaired) electrons. The van der Waals surface area contributed by atoms with Crippen LogP contribution in [0.2, 0.25) is 0 Å². The smallest absolute Gasteiger partial charge is 0.433 e. The maximum Gasteiger partial charge on any atom is 0.433 e. The van der Waals surface area contributed by atoms with Crippen molar-refractivity contribution in [3.8, 4) is 5.75 Å². The molecule has 2 aromatic heterocycles. The highest BCUT2D eigenvalue weighted by Gasteiger charge is 2.32. The van der Waals surface area contributed by atoms with Gasteiger partial charge in [-0.3, -0.25) is 4.98 Å². The Labute approximate surface area is 150 Å². The minimum absolute atomic E-state index is 0.206. The van der Waals surface area contributed by atoms with Crippen LogP contribution < -0.4 is 9.64 Å². The monoisotopic (exact) mass is 366 g/mol. The number of pyridine rings is 1. The number of halogens is 3. The predicted octanol–water partition coefficient (Wildman–Crippen LogP) is 3.80. The van der Waals surface area contributed by atoms with E-state index in [4.69, 9.17) is 4.74 Å². The number of nitrogens with zero attached hydrogens (tertiary/aromatic N) is 4. The van der Waals surface area contributed by atoms with Gasteiger partial charge in [-0.2, -0.15) is 13.2 Å². The number of rotatable bonds is 4. The maximum absolute atomic E-state index is 12.7. The molecule has 1 fully saturated rings. The molecule has 0 aliphatic carbocycles. The van der Waals surface area contributed by atoms with Crippen molar-refractivity contribution in [2.45, 2.75) is 32.9 Å². The van der Waals surface area contributed by atoms with Gasteiger partial charge in [-0.1, -0.05) is 0 Å². The molecule has 140 valence electrons. The van der Waals surface area contributed by atoms with Crippen LogP contribution >= 0.6 is 0 Å². The van der Waals surface area contributed by atoms with Gasteiger partial charge in [0.15, 0.2) is 0 Å². The first-order chi connectivity index (χ1) is 12.3. The molecule has 3 heterocycles. The normalized spacial score (nSPS) is 16.0. The summed E-state index contributed by atoms with van der Waals surface area (Å²) in [6, 6.07) is 2.40. The van der Waals surface area contributed by atoms with E-state index >= 15 is 0 Å². The summed E-state index contributed by atoms with van der Waals surface area (Å²) in [6.45, 7) is 6.06. The third kappa shape index (κ3) is 4.23. The molecular formula is C18H21F3N4O. The summed E-state index contributed by atoms with van der Waals surface area (Å²) in [7, 11) is 0. The molecule has 0 saturated carbocycles. The van der Waals surface area contributed by atoms with E-state index in [0.29, 0.717) is 12.5 Å². The Morgan fingerprint density at radius 3 is 2.58 bits per heavy atom. The molecule has 0 atom stereocenters. The van der Waals surface area contributed by atoms with Crippen LogP contribution in [0.25, 0.3) is 0 Å². The van der Waals surface area contributed by atoms with Crippen molar-refractivity contribution >= 4 is 5.82 Å². The van der Waals surface area contributed by atoms with Crippen LogP contribution in [-0.2, 0) is 6.18 Å². The standard InChI is InChI=1S/C18H21F3N4O/c1-12-13(2)23-11-24-17(12)25-7-4-14(5-8-25)10-26-15-3-6-22-16(9-15)18(19,20)21/h3,6,9,11,14H,4-5,7-8,10H2,1-2H3. The fourth-order valence-corrected chi connectivity index (χ4v) is 3.03. The minimum Gasteiger partial charge on any atom is -0.493 e. The number of aromatic nitrogens is 3. The zero-order valence-corrected chi connectivity index (χ0v) is 14.8. The lowest BCUT2D eigenvalue weighted by Gasteiger charge is -2.33. The summed E-state index contributed by atoms with van der Waals surface area (Å²) < 4.78 is 43.7. The molecule has 2 aromatic rings. The SMILES string of the molecule is Cc1ncnc(N2CCC(COc3ccnc(C(F)(F)F)c3)CC2)c1C. The van der Waals surface area contributed by atoms with Crippen molar-refractivity contribution in [3.63, 3.8) is 0 Å². The van der Waals surface area contributed by atoms with Gasteiger partial charge in [-0.05, 0) is 38.7 Å². The lowest BCUT2D eigenvalue weighted by atomic mass is 9.97. The van der Waals surface area contributed by atoms with Crippen molar-refractivity contribution in [1.82, 2.24) is 15.0 Å². The summed E-state index contributed by atoms with van der Waals surface area (Å²) in [6.07, 6.45) is 0.0488. The largest absolute Gasteiger partial charge is 0.493 e. The van der Waals surface area contributed by atoms with E-state index in [1.165, 1.54) is 6.07 Å². The fraction of sp³-hybridized carbons (Fsp3) is 0.500. The van der Waals surface area contributed by atoms with E-state index < -0.39 is 11.9 Å². The highest BCUT2D eigenvalue weighted by Crippen LogP contribution is 2.30. The Bertz CT molecular complexity index is 758. The predicted molar refractivity (Wildman–Crippen MR) is 91.2 cm³/mol. The number of hydrogen-bond acceptors (Lipinski definition) is 5. The van der Waals surface area contributed by atoms with Crippen LogP contribution in [-0.4, -0.2) is 34.6 Å².